The summed E-state index contributed by atoms with van der Waals surface area (Å²) in [6, 6.07) is 13.0. The maximum atomic E-state index is 14.0. The van der Waals surface area contributed by atoms with Gasteiger partial charge in [-0.15, -0.1) is 0 Å². The van der Waals surface area contributed by atoms with Crippen molar-refractivity contribution in [3.8, 4) is 0 Å². The molecular weight excluding hydrogens is 583 g/mol. The van der Waals surface area contributed by atoms with E-state index in [0.29, 0.717) is 19.4 Å². The van der Waals surface area contributed by atoms with Crippen LogP contribution in [0.1, 0.15) is 64.9 Å². The van der Waals surface area contributed by atoms with Gasteiger partial charge in [-0.25, -0.2) is 4.98 Å². The summed E-state index contributed by atoms with van der Waals surface area (Å²) in [6.45, 7) is 5.73. The Kier molecular flexibility index (Phi) is 11.9. The number of fused-ring (bicyclic) bond motifs is 1. The average Bonchev–Trinajstić information content (AvgIpc) is 2.99. The average molecular weight is 626 g/mol. The van der Waals surface area contributed by atoms with Gasteiger partial charge < -0.3 is 20.9 Å². The van der Waals surface area contributed by atoms with Crippen LogP contribution in [0.15, 0.2) is 59.8 Å². The van der Waals surface area contributed by atoms with Crippen molar-refractivity contribution in [2.75, 3.05) is 12.3 Å². The Hall–Kier alpha value is -3.05. The van der Waals surface area contributed by atoms with E-state index in [1.807, 2.05) is 48.5 Å². The lowest BCUT2D eigenvalue weighted by atomic mass is 9.91. The van der Waals surface area contributed by atoms with Crippen LogP contribution in [0.2, 0.25) is 0 Å². The molecule has 4 amide bonds. The summed E-state index contributed by atoms with van der Waals surface area (Å²) in [7, 11) is 3.39. The number of benzene rings is 1. The van der Waals surface area contributed by atoms with Crippen LogP contribution >= 0.6 is 21.6 Å². The van der Waals surface area contributed by atoms with E-state index >= 15 is 0 Å². The molecule has 0 bridgehead atoms. The third-order valence-electron chi connectivity index (χ3n) is 7.93. The molecule has 2 fully saturated rings. The van der Waals surface area contributed by atoms with Crippen LogP contribution in [0.4, 0.5) is 0 Å². The van der Waals surface area contributed by atoms with E-state index in [9.17, 15) is 19.2 Å². The van der Waals surface area contributed by atoms with Crippen LogP contribution in [-0.2, 0) is 25.6 Å². The van der Waals surface area contributed by atoms with Gasteiger partial charge >= 0.3 is 0 Å². The Morgan fingerprint density at radius 3 is 2.42 bits per heavy atom. The van der Waals surface area contributed by atoms with E-state index in [-0.39, 0.29) is 24.2 Å². The lowest BCUT2D eigenvalue weighted by Gasteiger charge is -2.41. The zero-order valence-corrected chi connectivity index (χ0v) is 26.8. The molecule has 3 N–H and O–H groups in total. The molecule has 4 rings (SSSR count). The number of hydrogen-bond donors (Lipinski definition) is 3. The number of carbonyl (C=O) groups excluding carboxylic acids is 4. The van der Waals surface area contributed by atoms with Crippen LogP contribution in [0, 0.1) is 5.92 Å². The maximum absolute atomic E-state index is 14.0. The molecule has 2 aromatic rings. The molecule has 1 unspecified atom stereocenters. The van der Waals surface area contributed by atoms with Gasteiger partial charge in [0.25, 0.3) is 0 Å². The Labute approximate surface area is 262 Å². The molecule has 9 nitrogen and oxygen atoms in total. The van der Waals surface area contributed by atoms with Crippen molar-refractivity contribution in [2.24, 2.45) is 5.92 Å². The molecule has 3 heterocycles. The first-order valence-corrected chi connectivity index (χ1v) is 17.4. The van der Waals surface area contributed by atoms with E-state index in [1.54, 1.807) is 46.5 Å². The van der Waals surface area contributed by atoms with Crippen LogP contribution in [0.25, 0.3) is 0 Å². The van der Waals surface area contributed by atoms with Gasteiger partial charge in [-0.1, -0.05) is 67.0 Å². The fraction of sp³-hybridized carbons (Fsp3) is 0.531. The van der Waals surface area contributed by atoms with Crippen molar-refractivity contribution in [2.45, 2.75) is 94.4 Å². The molecule has 0 spiro atoms. The fourth-order valence-electron chi connectivity index (χ4n) is 5.43. The van der Waals surface area contributed by atoms with E-state index in [4.69, 9.17) is 0 Å². The monoisotopic (exact) mass is 625 g/mol. The van der Waals surface area contributed by atoms with Crippen LogP contribution in [0.5, 0.6) is 0 Å². The number of piperidine rings is 1. The Bertz CT molecular complexity index is 1250. The van der Waals surface area contributed by atoms with Crippen LogP contribution in [0.3, 0.4) is 0 Å². The predicted octanol–water partition coefficient (Wildman–Crippen LogP) is 4.13. The minimum absolute atomic E-state index is 0.221. The number of nitrogens with zero attached hydrogens (tertiary/aromatic N) is 2. The number of aromatic nitrogens is 1. The predicted molar refractivity (Wildman–Crippen MR) is 171 cm³/mol. The van der Waals surface area contributed by atoms with Gasteiger partial charge in [-0.05, 0) is 73.9 Å². The summed E-state index contributed by atoms with van der Waals surface area (Å²) < 4.78 is 0. The minimum atomic E-state index is -1.29. The molecule has 4 atom stereocenters. The smallest absolute Gasteiger partial charge is 0.246 e. The summed E-state index contributed by atoms with van der Waals surface area (Å²) >= 11 is 0. The molecule has 43 heavy (non-hydrogen) atoms. The lowest BCUT2D eigenvalue weighted by Crippen LogP contribution is -2.66. The molecule has 2 saturated heterocycles. The lowest BCUT2D eigenvalue weighted by molar-refractivity contribution is -0.148. The Morgan fingerprint density at radius 2 is 1.67 bits per heavy atom. The number of rotatable bonds is 10. The highest BCUT2D eigenvalue weighted by atomic mass is 33.1. The number of amides is 4. The molecule has 11 heteroatoms. The first kappa shape index (κ1) is 32.9. The quantitative estimate of drug-likeness (QED) is 0.268. The van der Waals surface area contributed by atoms with Crippen LogP contribution in [-0.4, -0.2) is 69.5 Å². The first-order chi connectivity index (χ1) is 20.6. The van der Waals surface area contributed by atoms with Crippen molar-refractivity contribution < 1.29 is 19.2 Å². The molecule has 1 aromatic heterocycles. The number of unbranched alkanes of at least 4 members (excludes halogenated alkanes) is 2. The zero-order valence-electron chi connectivity index (χ0n) is 25.2. The molecule has 0 radical (unpaired) electrons. The van der Waals surface area contributed by atoms with Crippen molar-refractivity contribution >= 4 is 45.2 Å². The van der Waals surface area contributed by atoms with E-state index in [2.05, 4.69) is 27.9 Å². The van der Waals surface area contributed by atoms with Crippen molar-refractivity contribution in [1.82, 2.24) is 25.8 Å². The van der Waals surface area contributed by atoms with E-state index in [1.165, 1.54) is 0 Å². The highest BCUT2D eigenvalue weighted by Gasteiger charge is 2.42. The number of nitrogens with one attached hydrogen (secondary N) is 3. The van der Waals surface area contributed by atoms with Gasteiger partial charge in [-0.3, -0.25) is 19.2 Å². The maximum Gasteiger partial charge on any atom is 0.246 e. The zero-order chi connectivity index (χ0) is 30.8. The Balaban J connectivity index is 1.45. The van der Waals surface area contributed by atoms with Crippen molar-refractivity contribution in [3.63, 3.8) is 0 Å². The molecule has 2 aliphatic rings. The second-order valence-electron chi connectivity index (χ2n) is 12.0. The Morgan fingerprint density at radius 1 is 0.907 bits per heavy atom. The molecule has 1 aromatic carbocycles. The minimum Gasteiger partial charge on any atom is -0.343 e. The highest BCUT2D eigenvalue weighted by Crippen LogP contribution is 2.30. The summed E-state index contributed by atoms with van der Waals surface area (Å²) in [5, 5.41) is 9.71. The fourth-order valence-corrected chi connectivity index (χ4v) is 7.46. The SMILES string of the molecule is CC1CC[C@@H]2C(=O)N[C@@H](CCCCCSSc3ccccn3)C(=O)NC(C)(C)C(=O)N[C@@H](Cc3ccccc3)C(=O)N2C1. The van der Waals surface area contributed by atoms with Gasteiger partial charge in [0.2, 0.25) is 23.6 Å². The molecule has 232 valence electrons. The second-order valence-corrected chi connectivity index (χ2v) is 14.4. The summed E-state index contributed by atoms with van der Waals surface area (Å²) in [5.74, 6) is -0.256. The molecular formula is C32H43N5O4S2. The molecule has 0 aliphatic carbocycles. The van der Waals surface area contributed by atoms with Gasteiger partial charge in [0.1, 0.15) is 28.7 Å². The number of hydrogen-bond acceptors (Lipinski definition) is 7. The molecule has 0 saturated carbocycles. The third kappa shape index (κ3) is 9.47. The normalized spacial score (nSPS) is 24.6. The van der Waals surface area contributed by atoms with Crippen molar-refractivity contribution in [1.29, 1.82) is 0 Å². The topological polar surface area (TPSA) is 120 Å². The summed E-state index contributed by atoms with van der Waals surface area (Å²) in [5.41, 5.74) is -0.391. The van der Waals surface area contributed by atoms with Gasteiger partial charge in [0.05, 0.1) is 0 Å². The number of carbonyl (C=O) groups is 4. The largest absolute Gasteiger partial charge is 0.343 e. The van der Waals surface area contributed by atoms with Gasteiger partial charge in [0.15, 0.2) is 0 Å². The van der Waals surface area contributed by atoms with Crippen LogP contribution < -0.4 is 16.0 Å². The number of pyridine rings is 1. The standard InChI is InChI=1S/C32H43N5O4S2/c1-22-16-17-26-29(39)34-24(14-8-5-11-19-42-43-27-15-9-10-18-33-27)28(38)36-32(2,3)31(41)35-25(30(40)37(26)21-22)20-23-12-6-4-7-13-23/h4,6-7,9-10,12-13,15,18,22,24-26H,5,8,11,14,16-17,19-21H2,1-3H3,(H,34,39)(H,35,41)(H,36,38)/t22?,24-,25-,26+/m0/s1. The van der Waals surface area contributed by atoms with Gasteiger partial charge in [-0.2, -0.15) is 0 Å². The van der Waals surface area contributed by atoms with Crippen molar-refractivity contribution in [3.05, 3.63) is 60.3 Å². The van der Waals surface area contributed by atoms with Gasteiger partial charge in [0, 0.05) is 24.9 Å². The van der Waals surface area contributed by atoms with E-state index in [0.717, 1.165) is 42.0 Å². The second kappa shape index (κ2) is 15.6. The van der Waals surface area contributed by atoms with E-state index < -0.39 is 35.5 Å². The summed E-state index contributed by atoms with van der Waals surface area (Å²) in [4.78, 5) is 60.7. The third-order valence-corrected chi connectivity index (χ3v) is 10.3. The molecule has 2 aliphatic heterocycles. The highest BCUT2D eigenvalue weighted by molar-refractivity contribution is 8.76. The first-order valence-electron chi connectivity index (χ1n) is 15.1. The summed E-state index contributed by atoms with van der Waals surface area (Å²) in [6.07, 6.45) is 6.42.